The second-order valence-corrected chi connectivity index (χ2v) is 7.02. The van der Waals surface area contributed by atoms with Crippen LogP contribution in [0.4, 0.5) is 10.1 Å². The van der Waals surface area contributed by atoms with E-state index in [-0.39, 0.29) is 5.82 Å². The summed E-state index contributed by atoms with van der Waals surface area (Å²) >= 11 is 0. The van der Waals surface area contributed by atoms with Crippen molar-refractivity contribution in [2.24, 2.45) is 0 Å². The maximum atomic E-state index is 14.2. The van der Waals surface area contributed by atoms with Gasteiger partial charge in [-0.25, -0.2) is 4.39 Å². The van der Waals surface area contributed by atoms with Crippen LogP contribution < -0.4 is 4.90 Å². The largest absolute Gasteiger partial charge is 0.369 e. The molecule has 0 spiro atoms. The first-order chi connectivity index (χ1) is 12.1. The lowest BCUT2D eigenvalue weighted by Gasteiger charge is -2.35. The summed E-state index contributed by atoms with van der Waals surface area (Å²) in [7, 11) is 2.17. The first kappa shape index (κ1) is 16.2. The van der Waals surface area contributed by atoms with Crippen LogP contribution in [0.3, 0.4) is 0 Å². The third kappa shape index (κ3) is 2.71. The number of hydrogen-bond acceptors (Lipinski definition) is 2. The lowest BCUT2D eigenvalue weighted by Crippen LogP contribution is -2.44. The predicted octanol–water partition coefficient (Wildman–Crippen LogP) is 4.14. The van der Waals surface area contributed by atoms with Gasteiger partial charge in [0, 0.05) is 43.4 Å². The van der Waals surface area contributed by atoms with Crippen LogP contribution in [-0.2, 0) is 0 Å². The van der Waals surface area contributed by atoms with Gasteiger partial charge in [-0.05, 0) is 56.3 Å². The van der Waals surface area contributed by atoms with E-state index in [0.29, 0.717) is 5.39 Å². The lowest BCUT2D eigenvalue weighted by atomic mass is 10.1. The second-order valence-electron chi connectivity index (χ2n) is 7.02. The minimum absolute atomic E-state index is 0.160. The quantitative estimate of drug-likeness (QED) is 0.696. The highest BCUT2D eigenvalue weighted by molar-refractivity contribution is 5.86. The molecule has 1 saturated heterocycles. The molecular weight excluding hydrogens is 313 g/mol. The standard InChI is InChI=1S/C21H24FN3/c1-15-7-8-18(22)17-9-10-25(21(15)17)20-6-4-5-19(16(20)2)24-13-11-23(3)12-14-24/h4-10H,11-14H2,1-3H3. The molecule has 130 valence electrons. The zero-order valence-electron chi connectivity index (χ0n) is 15.1. The van der Waals surface area contributed by atoms with Crippen LogP contribution in [0, 0.1) is 19.7 Å². The Morgan fingerprint density at radius 2 is 1.60 bits per heavy atom. The summed E-state index contributed by atoms with van der Waals surface area (Å²) < 4.78 is 16.3. The van der Waals surface area contributed by atoms with E-state index >= 15 is 0 Å². The second kappa shape index (κ2) is 6.19. The Bertz CT molecular complexity index is 920. The summed E-state index contributed by atoms with van der Waals surface area (Å²) in [4.78, 5) is 4.82. The molecule has 0 aliphatic carbocycles. The van der Waals surface area contributed by atoms with Crippen LogP contribution in [0.2, 0.25) is 0 Å². The van der Waals surface area contributed by atoms with Crippen molar-refractivity contribution >= 4 is 16.6 Å². The zero-order valence-corrected chi connectivity index (χ0v) is 15.1. The third-order valence-corrected chi connectivity index (χ3v) is 5.38. The van der Waals surface area contributed by atoms with Crippen molar-refractivity contribution in [3.8, 4) is 5.69 Å². The fourth-order valence-electron chi connectivity index (χ4n) is 3.86. The van der Waals surface area contributed by atoms with E-state index in [4.69, 9.17) is 0 Å². The van der Waals surface area contributed by atoms with Crippen LogP contribution >= 0.6 is 0 Å². The number of fused-ring (bicyclic) bond motifs is 1. The monoisotopic (exact) mass is 337 g/mol. The van der Waals surface area contributed by atoms with Gasteiger partial charge < -0.3 is 14.4 Å². The van der Waals surface area contributed by atoms with E-state index in [1.165, 1.54) is 11.3 Å². The lowest BCUT2D eigenvalue weighted by molar-refractivity contribution is 0.312. The SMILES string of the molecule is Cc1c(N2CCN(C)CC2)cccc1-n1ccc2c(F)ccc(C)c21. The van der Waals surface area contributed by atoms with Gasteiger partial charge in [-0.15, -0.1) is 0 Å². The molecule has 2 aromatic carbocycles. The van der Waals surface area contributed by atoms with Gasteiger partial charge in [0.2, 0.25) is 0 Å². The van der Waals surface area contributed by atoms with Crippen molar-refractivity contribution in [3.63, 3.8) is 0 Å². The number of rotatable bonds is 2. The van der Waals surface area contributed by atoms with Crippen molar-refractivity contribution in [1.82, 2.24) is 9.47 Å². The summed E-state index contributed by atoms with van der Waals surface area (Å²) in [6, 6.07) is 11.7. The van der Waals surface area contributed by atoms with E-state index in [1.54, 1.807) is 6.07 Å². The fourth-order valence-corrected chi connectivity index (χ4v) is 3.86. The normalized spacial score (nSPS) is 15.9. The van der Waals surface area contributed by atoms with Gasteiger partial charge in [-0.1, -0.05) is 12.1 Å². The molecule has 4 rings (SSSR count). The van der Waals surface area contributed by atoms with Crippen molar-refractivity contribution < 1.29 is 4.39 Å². The molecule has 0 amide bonds. The number of aryl methyl sites for hydroxylation is 1. The van der Waals surface area contributed by atoms with E-state index in [2.05, 4.69) is 46.5 Å². The van der Waals surface area contributed by atoms with E-state index in [1.807, 2.05) is 25.3 Å². The Hall–Kier alpha value is -2.33. The molecule has 1 aliphatic heterocycles. The molecule has 0 bridgehead atoms. The molecule has 0 saturated carbocycles. The summed E-state index contributed by atoms with van der Waals surface area (Å²) in [5.74, 6) is -0.160. The Balaban J connectivity index is 1.82. The van der Waals surface area contributed by atoms with Crippen molar-refractivity contribution in [1.29, 1.82) is 0 Å². The molecule has 3 nitrogen and oxygen atoms in total. The molecule has 0 N–H and O–H groups in total. The zero-order chi connectivity index (χ0) is 17.6. The Morgan fingerprint density at radius 3 is 2.36 bits per heavy atom. The minimum atomic E-state index is -0.160. The molecular formula is C21H24FN3. The maximum absolute atomic E-state index is 14.2. The van der Waals surface area contributed by atoms with E-state index in [9.17, 15) is 4.39 Å². The highest BCUT2D eigenvalue weighted by Crippen LogP contribution is 2.31. The first-order valence-electron chi connectivity index (χ1n) is 8.86. The number of piperazine rings is 1. The Morgan fingerprint density at radius 1 is 0.880 bits per heavy atom. The topological polar surface area (TPSA) is 11.4 Å². The van der Waals surface area contributed by atoms with Crippen LogP contribution in [0.1, 0.15) is 11.1 Å². The van der Waals surface area contributed by atoms with Crippen molar-refractivity contribution in [3.05, 3.63) is 59.5 Å². The summed E-state index contributed by atoms with van der Waals surface area (Å²) in [6.07, 6.45) is 1.98. The van der Waals surface area contributed by atoms with Gasteiger partial charge in [0.15, 0.2) is 0 Å². The molecule has 0 atom stereocenters. The van der Waals surface area contributed by atoms with Crippen LogP contribution in [0.15, 0.2) is 42.6 Å². The van der Waals surface area contributed by atoms with Crippen molar-refractivity contribution in [2.75, 3.05) is 38.1 Å². The number of anilines is 1. The summed E-state index contributed by atoms with van der Waals surface area (Å²) in [5, 5.41) is 0.685. The summed E-state index contributed by atoms with van der Waals surface area (Å²) in [6.45, 7) is 8.46. The van der Waals surface area contributed by atoms with Gasteiger partial charge in [-0.2, -0.15) is 0 Å². The van der Waals surface area contributed by atoms with Crippen LogP contribution in [0.5, 0.6) is 0 Å². The molecule has 0 unspecified atom stereocenters. The molecule has 25 heavy (non-hydrogen) atoms. The van der Waals surface area contributed by atoms with Gasteiger partial charge in [0.05, 0.1) is 11.2 Å². The number of hydrogen-bond donors (Lipinski definition) is 0. The predicted molar refractivity (Wildman–Crippen MR) is 102 cm³/mol. The fraction of sp³-hybridized carbons (Fsp3) is 0.333. The number of aromatic nitrogens is 1. The van der Waals surface area contributed by atoms with Gasteiger partial charge in [-0.3, -0.25) is 0 Å². The average molecular weight is 337 g/mol. The summed E-state index contributed by atoms with van der Waals surface area (Å²) in [5.41, 5.74) is 5.69. The third-order valence-electron chi connectivity index (χ3n) is 5.38. The van der Waals surface area contributed by atoms with Crippen LogP contribution in [0.25, 0.3) is 16.6 Å². The maximum Gasteiger partial charge on any atom is 0.132 e. The number of nitrogens with zero attached hydrogens (tertiary/aromatic N) is 3. The molecule has 1 aliphatic rings. The van der Waals surface area contributed by atoms with Crippen LogP contribution in [-0.4, -0.2) is 42.7 Å². The first-order valence-corrected chi connectivity index (χ1v) is 8.86. The number of likely N-dealkylation sites (N-methyl/N-ethyl adjacent to an activating group) is 1. The number of benzene rings is 2. The van der Waals surface area contributed by atoms with E-state index in [0.717, 1.165) is 42.9 Å². The van der Waals surface area contributed by atoms with E-state index < -0.39 is 0 Å². The van der Waals surface area contributed by atoms with Gasteiger partial charge in [0.1, 0.15) is 5.82 Å². The molecule has 0 radical (unpaired) electrons. The highest BCUT2D eigenvalue weighted by Gasteiger charge is 2.18. The molecule has 1 fully saturated rings. The smallest absolute Gasteiger partial charge is 0.132 e. The molecule has 2 heterocycles. The Labute approximate surface area is 148 Å². The number of halogens is 1. The van der Waals surface area contributed by atoms with Gasteiger partial charge in [0.25, 0.3) is 0 Å². The Kier molecular flexibility index (Phi) is 4.00. The van der Waals surface area contributed by atoms with Gasteiger partial charge >= 0.3 is 0 Å². The minimum Gasteiger partial charge on any atom is -0.369 e. The highest BCUT2D eigenvalue weighted by atomic mass is 19.1. The van der Waals surface area contributed by atoms with Crippen molar-refractivity contribution in [2.45, 2.75) is 13.8 Å². The molecule has 3 aromatic rings. The molecule has 1 aromatic heterocycles. The average Bonchev–Trinajstić information content (AvgIpc) is 3.06. The molecule has 4 heteroatoms.